The number of carbonyl (C=O) groups is 1. The molecule has 1 saturated carbocycles. The lowest BCUT2D eigenvalue weighted by Gasteiger charge is -2.20. The topological polar surface area (TPSA) is 67.6 Å². The second kappa shape index (κ2) is 7.60. The van der Waals surface area contributed by atoms with Gasteiger partial charge in [-0.25, -0.2) is 0 Å². The van der Waals surface area contributed by atoms with Crippen LogP contribution < -0.4 is 11.1 Å². The van der Waals surface area contributed by atoms with Gasteiger partial charge in [0.2, 0.25) is 5.91 Å². The Balaban J connectivity index is 2.19. The molecule has 0 aromatic heterocycles. The molecule has 5 nitrogen and oxygen atoms in total. The van der Waals surface area contributed by atoms with E-state index < -0.39 is 0 Å². The molecule has 94 valence electrons. The van der Waals surface area contributed by atoms with Crippen molar-refractivity contribution < 1.29 is 9.53 Å². The Hall–Kier alpha value is -0.650. The van der Waals surface area contributed by atoms with Crippen molar-refractivity contribution in [2.75, 3.05) is 39.9 Å². The van der Waals surface area contributed by atoms with Crippen molar-refractivity contribution in [2.24, 2.45) is 5.73 Å². The van der Waals surface area contributed by atoms with Gasteiger partial charge in [-0.3, -0.25) is 9.69 Å². The Bertz CT molecular complexity index is 199. The van der Waals surface area contributed by atoms with Gasteiger partial charge in [-0.15, -0.1) is 0 Å². The molecule has 0 radical (unpaired) electrons. The van der Waals surface area contributed by atoms with Gasteiger partial charge in [0.15, 0.2) is 0 Å². The Morgan fingerprint density at radius 2 is 2.25 bits per heavy atom. The van der Waals surface area contributed by atoms with Gasteiger partial charge in [-0.1, -0.05) is 0 Å². The van der Waals surface area contributed by atoms with Gasteiger partial charge in [-0.05, 0) is 32.4 Å². The molecule has 1 rings (SSSR count). The van der Waals surface area contributed by atoms with Crippen LogP contribution in [0.5, 0.6) is 0 Å². The fourth-order valence-electron chi connectivity index (χ4n) is 1.51. The van der Waals surface area contributed by atoms with E-state index in [0.29, 0.717) is 25.7 Å². The zero-order chi connectivity index (χ0) is 11.8. The predicted molar refractivity (Wildman–Crippen MR) is 63.2 cm³/mol. The summed E-state index contributed by atoms with van der Waals surface area (Å²) < 4.78 is 5.02. The average molecular weight is 229 g/mol. The van der Waals surface area contributed by atoms with Crippen LogP contribution in [0.2, 0.25) is 0 Å². The van der Waals surface area contributed by atoms with Crippen molar-refractivity contribution in [3.05, 3.63) is 0 Å². The van der Waals surface area contributed by atoms with Crippen LogP contribution in [0, 0.1) is 0 Å². The van der Waals surface area contributed by atoms with E-state index in [9.17, 15) is 4.79 Å². The number of nitrogens with two attached hydrogens (primary N) is 1. The maximum atomic E-state index is 11.6. The molecule has 0 aliphatic heterocycles. The summed E-state index contributed by atoms with van der Waals surface area (Å²) in [5, 5.41) is 2.98. The molecule has 0 aromatic rings. The summed E-state index contributed by atoms with van der Waals surface area (Å²) in [6.07, 6.45) is 3.18. The third-order valence-electron chi connectivity index (χ3n) is 2.60. The summed E-state index contributed by atoms with van der Waals surface area (Å²) in [5.74, 6) is 0.121. The zero-order valence-electron chi connectivity index (χ0n) is 10.1. The van der Waals surface area contributed by atoms with Gasteiger partial charge in [0.05, 0.1) is 13.2 Å². The molecule has 1 fully saturated rings. The maximum absolute atomic E-state index is 11.6. The van der Waals surface area contributed by atoms with E-state index in [4.69, 9.17) is 10.5 Å². The van der Waals surface area contributed by atoms with Gasteiger partial charge in [0.1, 0.15) is 0 Å². The van der Waals surface area contributed by atoms with Crippen molar-refractivity contribution in [3.63, 3.8) is 0 Å². The van der Waals surface area contributed by atoms with Crippen LogP contribution in [-0.4, -0.2) is 56.7 Å². The molecule has 1 amide bonds. The first kappa shape index (κ1) is 13.4. The van der Waals surface area contributed by atoms with Crippen molar-refractivity contribution in [1.82, 2.24) is 10.2 Å². The average Bonchev–Trinajstić information content (AvgIpc) is 3.05. The van der Waals surface area contributed by atoms with Gasteiger partial charge in [0, 0.05) is 19.7 Å². The molecule has 0 saturated heterocycles. The van der Waals surface area contributed by atoms with Gasteiger partial charge in [-0.2, -0.15) is 0 Å². The quantitative estimate of drug-likeness (QED) is 0.562. The third-order valence-corrected chi connectivity index (χ3v) is 2.60. The van der Waals surface area contributed by atoms with Gasteiger partial charge in [0.25, 0.3) is 0 Å². The van der Waals surface area contributed by atoms with Crippen LogP contribution in [0.1, 0.15) is 19.3 Å². The van der Waals surface area contributed by atoms with Crippen LogP contribution in [0.25, 0.3) is 0 Å². The molecule has 3 N–H and O–H groups in total. The van der Waals surface area contributed by atoms with E-state index in [-0.39, 0.29) is 5.91 Å². The van der Waals surface area contributed by atoms with Crippen LogP contribution in [-0.2, 0) is 9.53 Å². The third kappa shape index (κ3) is 6.05. The summed E-state index contributed by atoms with van der Waals surface area (Å²) in [6.45, 7) is 3.42. The van der Waals surface area contributed by atoms with E-state index in [1.807, 2.05) is 0 Å². The normalized spacial score (nSPS) is 15.4. The van der Waals surface area contributed by atoms with Crippen molar-refractivity contribution in [1.29, 1.82) is 0 Å². The van der Waals surface area contributed by atoms with E-state index >= 15 is 0 Å². The first-order chi connectivity index (χ1) is 7.76. The number of nitrogens with zero attached hydrogens (tertiary/aromatic N) is 1. The zero-order valence-corrected chi connectivity index (χ0v) is 10.1. The lowest BCUT2D eigenvalue weighted by molar-refractivity contribution is -0.122. The summed E-state index contributed by atoms with van der Waals surface area (Å²) in [4.78, 5) is 13.7. The number of ether oxygens (including phenoxy) is 1. The Morgan fingerprint density at radius 3 is 2.81 bits per heavy atom. The summed E-state index contributed by atoms with van der Waals surface area (Å²) in [6, 6.07) is 0.436. The van der Waals surface area contributed by atoms with Crippen LogP contribution in [0.4, 0.5) is 0 Å². The predicted octanol–water partition coefficient (Wildman–Crippen LogP) is -0.438. The van der Waals surface area contributed by atoms with E-state index in [1.165, 1.54) is 0 Å². The second-order valence-corrected chi connectivity index (χ2v) is 4.25. The van der Waals surface area contributed by atoms with Crippen molar-refractivity contribution in [2.45, 2.75) is 25.3 Å². The molecule has 5 heteroatoms. The molecule has 1 aliphatic carbocycles. The minimum atomic E-state index is 0.121. The van der Waals surface area contributed by atoms with E-state index in [2.05, 4.69) is 10.2 Å². The lowest BCUT2D eigenvalue weighted by atomic mass is 10.3. The first-order valence-corrected chi connectivity index (χ1v) is 5.97. The highest BCUT2D eigenvalue weighted by atomic mass is 16.5. The molecule has 0 spiro atoms. The number of hydrogen-bond donors (Lipinski definition) is 2. The first-order valence-electron chi connectivity index (χ1n) is 5.97. The fraction of sp³-hybridized carbons (Fsp3) is 0.909. The Labute approximate surface area is 97.3 Å². The highest BCUT2D eigenvalue weighted by Crippen LogP contribution is 2.18. The number of rotatable bonds is 9. The number of hydrogen-bond acceptors (Lipinski definition) is 4. The summed E-state index contributed by atoms with van der Waals surface area (Å²) in [5.41, 5.74) is 5.47. The monoisotopic (exact) mass is 229 g/mol. The van der Waals surface area contributed by atoms with Crippen LogP contribution in [0.15, 0.2) is 0 Å². The summed E-state index contributed by atoms with van der Waals surface area (Å²) >= 11 is 0. The van der Waals surface area contributed by atoms with Crippen LogP contribution >= 0.6 is 0 Å². The molecular formula is C11H23N3O2. The van der Waals surface area contributed by atoms with E-state index in [0.717, 1.165) is 32.4 Å². The Kier molecular flexibility index (Phi) is 6.37. The fourth-order valence-corrected chi connectivity index (χ4v) is 1.51. The number of methoxy groups -OCH3 is 1. The second-order valence-electron chi connectivity index (χ2n) is 4.25. The lowest BCUT2D eigenvalue weighted by Crippen LogP contribution is -2.40. The van der Waals surface area contributed by atoms with Crippen molar-refractivity contribution in [3.8, 4) is 0 Å². The molecule has 1 aliphatic rings. The SMILES string of the molecule is COCCN(CCCN)CC(=O)NC1CC1. The smallest absolute Gasteiger partial charge is 0.234 e. The number of amides is 1. The highest BCUT2D eigenvalue weighted by Gasteiger charge is 2.23. The van der Waals surface area contributed by atoms with E-state index in [1.54, 1.807) is 7.11 Å². The standard InChI is InChI=1S/C11H23N3O2/c1-16-8-7-14(6-2-5-12)9-11(15)13-10-3-4-10/h10H,2-9,12H2,1H3,(H,13,15). The number of carbonyl (C=O) groups excluding carboxylic acids is 1. The molecule has 0 aromatic carbocycles. The molecule has 16 heavy (non-hydrogen) atoms. The molecule has 0 heterocycles. The Morgan fingerprint density at radius 1 is 1.50 bits per heavy atom. The molecule has 0 atom stereocenters. The minimum absolute atomic E-state index is 0.121. The largest absolute Gasteiger partial charge is 0.383 e. The minimum Gasteiger partial charge on any atom is -0.383 e. The highest BCUT2D eigenvalue weighted by molar-refractivity contribution is 5.78. The molecule has 0 unspecified atom stereocenters. The number of nitrogens with one attached hydrogen (secondary N) is 1. The van der Waals surface area contributed by atoms with Crippen molar-refractivity contribution >= 4 is 5.91 Å². The molecular weight excluding hydrogens is 206 g/mol. The van der Waals surface area contributed by atoms with Gasteiger partial charge >= 0.3 is 0 Å². The maximum Gasteiger partial charge on any atom is 0.234 e. The van der Waals surface area contributed by atoms with Gasteiger partial charge < -0.3 is 15.8 Å². The summed E-state index contributed by atoms with van der Waals surface area (Å²) in [7, 11) is 1.67. The molecule has 0 bridgehead atoms. The van der Waals surface area contributed by atoms with Crippen LogP contribution in [0.3, 0.4) is 0 Å².